The van der Waals surface area contributed by atoms with Crippen LogP contribution in [0.4, 0.5) is 10.5 Å². The molecule has 0 aromatic carbocycles. The van der Waals surface area contributed by atoms with Gasteiger partial charge in [0, 0.05) is 25.0 Å². The van der Waals surface area contributed by atoms with Gasteiger partial charge in [0.15, 0.2) is 0 Å². The highest BCUT2D eigenvalue weighted by Crippen LogP contribution is 2.27. The Labute approximate surface area is 154 Å². The Morgan fingerprint density at radius 1 is 1.35 bits per heavy atom. The summed E-state index contributed by atoms with van der Waals surface area (Å²) in [4.78, 5) is 32.9. The average molecular weight is 370 g/mol. The maximum Gasteiger partial charge on any atom is 0.316 e. The minimum absolute atomic E-state index is 0.0638. The van der Waals surface area contributed by atoms with Crippen LogP contribution in [0.1, 0.15) is 33.1 Å². The zero-order valence-electron chi connectivity index (χ0n) is 13.9. The van der Waals surface area contributed by atoms with E-state index in [1.165, 1.54) is 11.3 Å². The van der Waals surface area contributed by atoms with Crippen molar-refractivity contribution in [2.75, 3.05) is 18.4 Å². The van der Waals surface area contributed by atoms with Crippen LogP contribution >= 0.6 is 11.3 Å². The van der Waals surface area contributed by atoms with Crippen molar-refractivity contribution in [3.8, 4) is 11.8 Å². The summed E-state index contributed by atoms with van der Waals surface area (Å²) in [5.74, 6) is 5.56. The van der Waals surface area contributed by atoms with Crippen LogP contribution in [0.15, 0.2) is 24.7 Å². The molecule has 0 aliphatic carbocycles. The molecule has 134 valence electrons. The molecular formula is C17H18N6O2S. The van der Waals surface area contributed by atoms with Crippen LogP contribution in [0.2, 0.25) is 0 Å². The molecule has 0 radical (unpaired) electrons. The van der Waals surface area contributed by atoms with E-state index < -0.39 is 6.03 Å². The molecule has 3 heterocycles. The van der Waals surface area contributed by atoms with E-state index in [1.54, 1.807) is 24.7 Å². The zero-order valence-corrected chi connectivity index (χ0v) is 14.7. The summed E-state index contributed by atoms with van der Waals surface area (Å²) < 4.78 is 0. The molecule has 3 amide bonds. The lowest BCUT2D eigenvalue weighted by atomic mass is 10.1. The quantitative estimate of drug-likeness (QED) is 0.598. The number of amides is 3. The fourth-order valence-electron chi connectivity index (χ4n) is 2.56. The van der Waals surface area contributed by atoms with Crippen LogP contribution in [0, 0.1) is 11.8 Å². The maximum absolute atomic E-state index is 12.6. The van der Waals surface area contributed by atoms with Crippen molar-refractivity contribution in [3.63, 3.8) is 0 Å². The molecule has 1 atom stereocenters. The van der Waals surface area contributed by atoms with Crippen LogP contribution in [0.25, 0.3) is 0 Å². The molecule has 0 unspecified atom stereocenters. The van der Waals surface area contributed by atoms with Crippen molar-refractivity contribution in [2.24, 2.45) is 5.73 Å². The van der Waals surface area contributed by atoms with Gasteiger partial charge in [-0.05, 0) is 37.3 Å². The van der Waals surface area contributed by atoms with E-state index in [1.807, 2.05) is 0 Å². The first-order valence-corrected chi connectivity index (χ1v) is 8.93. The molecule has 8 nitrogen and oxygen atoms in total. The largest absolute Gasteiger partial charge is 0.351 e. The zero-order chi connectivity index (χ0) is 18.4. The highest BCUT2D eigenvalue weighted by molar-refractivity contribution is 7.15. The number of nitrogens with zero attached hydrogens (tertiary/aromatic N) is 2. The van der Waals surface area contributed by atoms with Crippen molar-refractivity contribution < 1.29 is 9.59 Å². The van der Waals surface area contributed by atoms with Crippen LogP contribution in [-0.4, -0.2) is 41.0 Å². The fraction of sp³-hybridized carbons (Fsp3) is 0.294. The Morgan fingerprint density at radius 3 is 2.92 bits per heavy atom. The Balaban J connectivity index is 1.81. The topological polar surface area (TPSA) is 122 Å². The summed E-state index contributed by atoms with van der Waals surface area (Å²) in [5.41, 5.74) is 6.08. The number of thiophene rings is 1. The van der Waals surface area contributed by atoms with Crippen molar-refractivity contribution in [2.45, 2.75) is 18.9 Å². The number of rotatable bonds is 3. The van der Waals surface area contributed by atoms with Gasteiger partial charge in [-0.1, -0.05) is 0 Å². The number of aromatic nitrogens is 2. The minimum atomic E-state index is -0.732. The highest BCUT2D eigenvalue weighted by atomic mass is 32.1. The molecule has 1 aliphatic heterocycles. The second-order valence-corrected chi connectivity index (χ2v) is 6.75. The molecule has 0 bridgehead atoms. The normalized spacial score (nSPS) is 16.2. The van der Waals surface area contributed by atoms with E-state index in [-0.39, 0.29) is 11.9 Å². The molecule has 2 aromatic rings. The third-order valence-corrected chi connectivity index (χ3v) is 4.75. The first-order valence-electron chi connectivity index (χ1n) is 8.12. The van der Waals surface area contributed by atoms with E-state index in [0.29, 0.717) is 21.1 Å². The Hall–Kier alpha value is -2.96. The van der Waals surface area contributed by atoms with Gasteiger partial charge in [-0.3, -0.25) is 9.78 Å². The molecule has 0 spiro atoms. The number of carbonyl (C=O) groups is 2. The number of hydrogen-bond donors (Lipinski definition) is 4. The second-order valence-electron chi connectivity index (χ2n) is 5.70. The van der Waals surface area contributed by atoms with Crippen LogP contribution in [0.5, 0.6) is 0 Å². The standard InChI is InChI=1S/C17H18N6O2S/c18-17(25)23-14-8-13(4-3-11-9-20-6-7-21-11)26-15(14)16(24)22-12-2-1-5-19-10-12/h6-9,12,19H,1-2,5,10H2,(H,22,24)(H3,18,23,25)/t12-/m0/s1. The molecule has 1 fully saturated rings. The van der Waals surface area contributed by atoms with Crippen molar-refractivity contribution >= 4 is 29.0 Å². The van der Waals surface area contributed by atoms with Gasteiger partial charge in [0.1, 0.15) is 10.6 Å². The predicted molar refractivity (Wildman–Crippen MR) is 98.9 cm³/mol. The van der Waals surface area contributed by atoms with Crippen molar-refractivity contribution in [1.29, 1.82) is 0 Å². The number of anilines is 1. The summed E-state index contributed by atoms with van der Waals surface area (Å²) in [7, 11) is 0. The van der Waals surface area contributed by atoms with Crippen LogP contribution < -0.4 is 21.7 Å². The van der Waals surface area contributed by atoms with Gasteiger partial charge in [0.25, 0.3) is 5.91 Å². The van der Waals surface area contributed by atoms with E-state index in [9.17, 15) is 9.59 Å². The molecule has 1 aliphatic rings. The van der Waals surface area contributed by atoms with Gasteiger partial charge in [0.05, 0.1) is 16.8 Å². The smallest absolute Gasteiger partial charge is 0.316 e. The number of nitrogens with two attached hydrogens (primary N) is 1. The summed E-state index contributed by atoms with van der Waals surface area (Å²) in [5, 5.41) is 8.72. The number of nitrogens with one attached hydrogen (secondary N) is 3. The van der Waals surface area contributed by atoms with Gasteiger partial charge in [0.2, 0.25) is 0 Å². The molecule has 2 aromatic heterocycles. The lowest BCUT2D eigenvalue weighted by Gasteiger charge is -2.23. The maximum atomic E-state index is 12.6. The minimum Gasteiger partial charge on any atom is -0.351 e. The van der Waals surface area contributed by atoms with Crippen molar-refractivity contribution in [1.82, 2.24) is 20.6 Å². The molecule has 3 rings (SSSR count). The lowest BCUT2D eigenvalue weighted by Crippen LogP contribution is -2.45. The lowest BCUT2D eigenvalue weighted by molar-refractivity contribution is 0.0935. The summed E-state index contributed by atoms with van der Waals surface area (Å²) >= 11 is 1.19. The number of carbonyl (C=O) groups excluding carboxylic acids is 2. The number of primary amides is 1. The Bertz CT molecular complexity index is 849. The first kappa shape index (κ1) is 17.8. The van der Waals surface area contributed by atoms with Gasteiger partial charge >= 0.3 is 6.03 Å². The summed E-state index contributed by atoms with van der Waals surface area (Å²) in [6, 6.07) is 0.964. The van der Waals surface area contributed by atoms with Gasteiger partial charge < -0.3 is 21.7 Å². The highest BCUT2D eigenvalue weighted by Gasteiger charge is 2.21. The molecule has 9 heteroatoms. The van der Waals surface area contributed by atoms with Crippen LogP contribution in [0.3, 0.4) is 0 Å². The molecule has 0 saturated carbocycles. The second kappa shape index (κ2) is 8.42. The average Bonchev–Trinajstić information content (AvgIpc) is 3.04. The Morgan fingerprint density at radius 2 is 2.23 bits per heavy atom. The monoisotopic (exact) mass is 370 g/mol. The number of urea groups is 1. The summed E-state index contributed by atoms with van der Waals surface area (Å²) in [6.07, 6.45) is 6.59. The predicted octanol–water partition coefficient (Wildman–Crippen LogP) is 0.910. The van der Waals surface area contributed by atoms with Crippen LogP contribution in [-0.2, 0) is 0 Å². The SMILES string of the molecule is NC(=O)Nc1cc(C#Cc2cnccn2)sc1C(=O)N[C@H]1CCCNC1. The van der Waals surface area contributed by atoms with Gasteiger partial charge in [-0.15, -0.1) is 11.3 Å². The Kier molecular flexibility index (Phi) is 5.78. The number of piperidine rings is 1. The number of hydrogen-bond acceptors (Lipinski definition) is 6. The summed E-state index contributed by atoms with van der Waals surface area (Å²) in [6.45, 7) is 1.69. The van der Waals surface area contributed by atoms with E-state index in [2.05, 4.69) is 37.8 Å². The molecular weight excluding hydrogens is 352 g/mol. The first-order chi connectivity index (χ1) is 12.6. The third kappa shape index (κ3) is 4.78. The fourth-order valence-corrected chi connectivity index (χ4v) is 3.43. The molecule has 1 saturated heterocycles. The van der Waals surface area contributed by atoms with E-state index in [4.69, 9.17) is 5.73 Å². The molecule has 5 N–H and O–H groups in total. The van der Waals surface area contributed by atoms with Crippen molar-refractivity contribution in [3.05, 3.63) is 40.1 Å². The van der Waals surface area contributed by atoms with Gasteiger partial charge in [-0.2, -0.15) is 0 Å². The third-order valence-electron chi connectivity index (χ3n) is 3.71. The molecule has 26 heavy (non-hydrogen) atoms. The van der Waals surface area contributed by atoms with E-state index >= 15 is 0 Å². The van der Waals surface area contributed by atoms with E-state index in [0.717, 1.165) is 25.9 Å². The van der Waals surface area contributed by atoms with Gasteiger partial charge in [-0.25, -0.2) is 9.78 Å².